The van der Waals surface area contributed by atoms with Gasteiger partial charge in [0.2, 0.25) is 0 Å². The summed E-state index contributed by atoms with van der Waals surface area (Å²) < 4.78 is 11.9. The summed E-state index contributed by atoms with van der Waals surface area (Å²) in [5, 5.41) is 0. The van der Waals surface area contributed by atoms with E-state index >= 15 is 0 Å². The summed E-state index contributed by atoms with van der Waals surface area (Å²) in [5.74, 6) is 2.65. The van der Waals surface area contributed by atoms with Crippen LogP contribution in [0.1, 0.15) is 66.4 Å². The van der Waals surface area contributed by atoms with Crippen LogP contribution in [0.4, 0.5) is 0 Å². The molecule has 0 spiro atoms. The summed E-state index contributed by atoms with van der Waals surface area (Å²) in [5.41, 5.74) is 3.34. The Balaban J connectivity index is 0.00000294. The highest BCUT2D eigenvalue weighted by Gasteiger charge is 2.56. The summed E-state index contributed by atoms with van der Waals surface area (Å²) in [4.78, 5) is 27.7. The molecule has 200 valence electrons. The smallest absolute Gasteiger partial charge is 0.420 e. The van der Waals surface area contributed by atoms with Gasteiger partial charge in [-0.15, -0.1) is 0 Å². The van der Waals surface area contributed by atoms with Crippen LogP contribution >= 0.6 is 0 Å². The highest BCUT2D eigenvalue weighted by atomic mass is 127. The lowest BCUT2D eigenvalue weighted by molar-refractivity contribution is -0.155. The molecule has 0 radical (unpaired) electrons. The van der Waals surface area contributed by atoms with Crippen LogP contribution in [0.25, 0.3) is 0 Å². The average molecular weight is 626 g/mol. The minimum atomic E-state index is -0.317. The van der Waals surface area contributed by atoms with Gasteiger partial charge in [0.15, 0.2) is 5.92 Å². The van der Waals surface area contributed by atoms with Gasteiger partial charge in [-0.2, -0.15) is 0 Å². The molecule has 38 heavy (non-hydrogen) atoms. The lowest BCUT2D eigenvalue weighted by atomic mass is 9.55. The van der Waals surface area contributed by atoms with Gasteiger partial charge in [-0.1, -0.05) is 31.2 Å². The summed E-state index contributed by atoms with van der Waals surface area (Å²) in [7, 11) is 2.03. The van der Waals surface area contributed by atoms with Gasteiger partial charge in [0.1, 0.15) is 24.5 Å². The number of benzene rings is 2. The van der Waals surface area contributed by atoms with Crippen LogP contribution in [-0.2, 0) is 16.0 Å². The maximum atomic E-state index is 13.0. The van der Waals surface area contributed by atoms with E-state index in [0.29, 0.717) is 35.6 Å². The van der Waals surface area contributed by atoms with Crippen LogP contribution in [0.15, 0.2) is 60.7 Å². The molecule has 2 fully saturated rings. The summed E-state index contributed by atoms with van der Waals surface area (Å²) in [6.45, 7) is 3.90. The first-order valence-corrected chi connectivity index (χ1v) is 13.7. The molecule has 2 aromatic carbocycles. The average Bonchev–Trinajstić information content (AvgIpc) is 3.24. The van der Waals surface area contributed by atoms with E-state index in [9.17, 15) is 9.59 Å². The number of carbonyl (C=O) groups is 2. The first kappa shape index (κ1) is 27.3. The number of likely N-dealkylation sites (N-methyl/N-ethyl adjacent to an activating group) is 1. The maximum absolute atomic E-state index is 13.0. The van der Waals surface area contributed by atoms with Crippen molar-refractivity contribution in [2.75, 3.05) is 20.1 Å². The van der Waals surface area contributed by atoms with Crippen molar-refractivity contribution in [3.63, 3.8) is 0 Å². The SMILES string of the molecule is CN1CC=C[C+](C(=O)O[C@H]2CC[C@H]3[C@@H]4CCc5cc(OC(=O)c6ccccc6)ccc5[C@H]4CC[C@]23C)C1.[I-]. The lowest BCUT2D eigenvalue weighted by Gasteiger charge is -2.50. The molecule has 5 atom stereocenters. The lowest BCUT2D eigenvalue weighted by Crippen LogP contribution is -3.00. The largest absolute Gasteiger partial charge is 1.00 e. The number of aryl methyl sites for hydroxylation is 1. The van der Waals surface area contributed by atoms with Crippen molar-refractivity contribution in [2.24, 2.45) is 17.3 Å². The molecule has 0 amide bonds. The van der Waals surface area contributed by atoms with Crippen molar-refractivity contribution >= 4 is 11.9 Å². The first-order valence-electron chi connectivity index (χ1n) is 13.7. The van der Waals surface area contributed by atoms with E-state index in [-0.39, 0.29) is 47.4 Å². The van der Waals surface area contributed by atoms with E-state index in [0.717, 1.165) is 51.0 Å². The van der Waals surface area contributed by atoms with E-state index in [1.807, 2.05) is 43.5 Å². The van der Waals surface area contributed by atoms with Gasteiger partial charge < -0.3 is 33.5 Å². The number of halogens is 1. The molecule has 3 aliphatic carbocycles. The molecule has 2 saturated carbocycles. The Morgan fingerprint density at radius 3 is 2.66 bits per heavy atom. The summed E-state index contributed by atoms with van der Waals surface area (Å²) in [6.07, 6.45) is 10.4. The molecular weight excluding hydrogens is 589 g/mol. The Hall–Kier alpha value is -2.32. The molecule has 0 bridgehead atoms. The molecule has 0 N–H and O–H groups in total. The zero-order valence-electron chi connectivity index (χ0n) is 22.2. The maximum Gasteiger partial charge on any atom is 0.420 e. The van der Waals surface area contributed by atoms with Crippen molar-refractivity contribution in [1.29, 1.82) is 0 Å². The number of esters is 2. The number of fused-ring (bicyclic) bond motifs is 5. The molecule has 0 unspecified atom stereocenters. The van der Waals surface area contributed by atoms with Gasteiger partial charge in [-0.3, -0.25) is 4.90 Å². The quantitative estimate of drug-likeness (QED) is 0.227. The van der Waals surface area contributed by atoms with Crippen molar-refractivity contribution in [2.45, 2.75) is 57.5 Å². The number of nitrogens with zero attached hydrogens (tertiary/aromatic N) is 1. The van der Waals surface area contributed by atoms with Gasteiger partial charge in [0, 0.05) is 5.41 Å². The topological polar surface area (TPSA) is 55.8 Å². The standard InChI is InChI=1S/C32H36NO4.HI/c1-32-17-16-26-25-13-11-24(36-30(34)21-7-4-3-5-8-21)19-22(25)10-12-27(26)28(32)14-15-29(32)37-31(35)23-9-6-18-33(2)20-23;/h3-9,11,13,19,26-29H,10,12,14-18,20H2,1-2H3;1H/q+1;/p-1/t26-,27-,28+,29+,32+;/m1./s1. The molecule has 2 aromatic rings. The van der Waals surface area contributed by atoms with Gasteiger partial charge in [-0.25, -0.2) is 9.59 Å². The van der Waals surface area contributed by atoms with E-state index in [1.165, 1.54) is 11.1 Å². The van der Waals surface area contributed by atoms with Crippen LogP contribution in [0.3, 0.4) is 0 Å². The fourth-order valence-electron chi connectivity index (χ4n) is 7.63. The second-order valence-corrected chi connectivity index (χ2v) is 11.7. The van der Waals surface area contributed by atoms with E-state index in [1.54, 1.807) is 12.1 Å². The minimum Gasteiger partial charge on any atom is -1.00 e. The third kappa shape index (κ3) is 5.02. The Morgan fingerprint density at radius 2 is 1.87 bits per heavy atom. The van der Waals surface area contributed by atoms with Crippen LogP contribution in [0, 0.1) is 23.2 Å². The summed E-state index contributed by atoms with van der Waals surface area (Å²) in [6, 6.07) is 15.4. The third-order valence-corrected chi connectivity index (χ3v) is 9.52. The van der Waals surface area contributed by atoms with Gasteiger partial charge >= 0.3 is 11.9 Å². The van der Waals surface area contributed by atoms with E-state index < -0.39 is 0 Å². The predicted octanol–water partition coefficient (Wildman–Crippen LogP) is 2.75. The normalized spacial score (nSPS) is 29.9. The van der Waals surface area contributed by atoms with Gasteiger partial charge in [0.25, 0.3) is 0 Å². The highest BCUT2D eigenvalue weighted by molar-refractivity contribution is 5.91. The van der Waals surface area contributed by atoms with E-state index in [4.69, 9.17) is 9.47 Å². The molecule has 0 aromatic heterocycles. The molecular formula is C32H36INO4. The Morgan fingerprint density at radius 1 is 1.05 bits per heavy atom. The van der Waals surface area contributed by atoms with Crippen molar-refractivity contribution in [3.8, 4) is 5.75 Å². The number of carbonyl (C=O) groups excluding carboxylic acids is 2. The van der Waals surface area contributed by atoms with Crippen molar-refractivity contribution < 1.29 is 43.0 Å². The Kier molecular flexibility index (Phi) is 7.92. The molecule has 4 aliphatic rings. The monoisotopic (exact) mass is 625 g/mol. The number of hydrogen-bond donors (Lipinski definition) is 0. The Bertz CT molecular complexity index is 1210. The fraction of sp³-hybridized carbons (Fsp3) is 0.469. The number of rotatable bonds is 4. The minimum absolute atomic E-state index is 0. The summed E-state index contributed by atoms with van der Waals surface area (Å²) >= 11 is 0. The molecule has 6 heteroatoms. The highest BCUT2D eigenvalue weighted by Crippen LogP contribution is 2.61. The molecule has 5 nitrogen and oxygen atoms in total. The molecule has 1 aliphatic heterocycles. The van der Waals surface area contributed by atoms with Gasteiger partial charge in [0.05, 0.1) is 18.2 Å². The molecule has 6 rings (SSSR count). The second kappa shape index (κ2) is 11.0. The van der Waals surface area contributed by atoms with Crippen LogP contribution in [0.2, 0.25) is 0 Å². The number of ether oxygens (including phenoxy) is 2. The van der Waals surface area contributed by atoms with Crippen LogP contribution in [-0.4, -0.2) is 43.1 Å². The first-order chi connectivity index (χ1) is 17.9. The predicted molar refractivity (Wildman–Crippen MR) is 142 cm³/mol. The van der Waals surface area contributed by atoms with Crippen molar-refractivity contribution in [3.05, 3.63) is 83.3 Å². The molecule has 0 saturated heterocycles. The second-order valence-electron chi connectivity index (χ2n) is 11.7. The zero-order chi connectivity index (χ0) is 25.6. The van der Waals surface area contributed by atoms with E-state index in [2.05, 4.69) is 24.0 Å². The molecule has 1 heterocycles. The zero-order valence-corrected chi connectivity index (χ0v) is 24.4. The van der Waals surface area contributed by atoms with Crippen molar-refractivity contribution in [1.82, 2.24) is 4.90 Å². The van der Waals surface area contributed by atoms with Gasteiger partial charge in [-0.05, 0) is 98.7 Å². The number of hydrogen-bond acceptors (Lipinski definition) is 5. The van der Waals surface area contributed by atoms with Crippen LogP contribution in [0.5, 0.6) is 5.75 Å². The Labute approximate surface area is 243 Å². The fourth-order valence-corrected chi connectivity index (χ4v) is 7.63. The third-order valence-electron chi connectivity index (χ3n) is 9.52. The van der Waals surface area contributed by atoms with Crippen LogP contribution < -0.4 is 28.7 Å².